The molecule has 0 unspecified atom stereocenters. The summed E-state index contributed by atoms with van der Waals surface area (Å²) in [6.45, 7) is 0.445. The van der Waals surface area contributed by atoms with Crippen LogP contribution in [0.2, 0.25) is 0 Å². The summed E-state index contributed by atoms with van der Waals surface area (Å²) in [6.07, 6.45) is 3.40. The average Bonchev–Trinajstić information content (AvgIpc) is 2.97. The standard InChI is InChI=1S/C14H10N6/c15-8-11-4-1-2-5-13(11)10-20-14(17-18-19-20)12-6-3-7-16-9-12/h1-7,9H,10H2. The van der Waals surface area contributed by atoms with Crippen LogP contribution in [0.3, 0.4) is 0 Å². The Labute approximate surface area is 115 Å². The molecule has 3 rings (SSSR count). The normalized spacial score (nSPS) is 10.2. The number of aromatic nitrogens is 5. The van der Waals surface area contributed by atoms with Gasteiger partial charge in [0.05, 0.1) is 18.2 Å². The van der Waals surface area contributed by atoms with Crippen molar-refractivity contribution in [2.75, 3.05) is 0 Å². The number of nitrogens with zero attached hydrogens (tertiary/aromatic N) is 6. The van der Waals surface area contributed by atoms with E-state index in [2.05, 4.69) is 26.6 Å². The monoisotopic (exact) mass is 262 g/mol. The molecule has 0 radical (unpaired) electrons. The average molecular weight is 262 g/mol. The highest BCUT2D eigenvalue weighted by Gasteiger charge is 2.10. The summed E-state index contributed by atoms with van der Waals surface area (Å²) in [6, 6.07) is 13.3. The maximum absolute atomic E-state index is 9.11. The number of benzene rings is 1. The van der Waals surface area contributed by atoms with Crippen molar-refractivity contribution in [3.63, 3.8) is 0 Å². The molecular weight excluding hydrogens is 252 g/mol. The van der Waals surface area contributed by atoms with E-state index in [0.717, 1.165) is 11.1 Å². The lowest BCUT2D eigenvalue weighted by Crippen LogP contribution is -2.06. The van der Waals surface area contributed by atoms with E-state index in [-0.39, 0.29) is 0 Å². The maximum Gasteiger partial charge on any atom is 0.183 e. The number of rotatable bonds is 3. The molecule has 0 fully saturated rings. The van der Waals surface area contributed by atoms with Crippen LogP contribution >= 0.6 is 0 Å². The van der Waals surface area contributed by atoms with Crippen LogP contribution in [0.1, 0.15) is 11.1 Å². The summed E-state index contributed by atoms with van der Waals surface area (Å²) >= 11 is 0. The second-order valence-corrected chi connectivity index (χ2v) is 4.17. The summed E-state index contributed by atoms with van der Waals surface area (Å²) in [7, 11) is 0. The van der Waals surface area contributed by atoms with Gasteiger partial charge in [0.25, 0.3) is 0 Å². The lowest BCUT2D eigenvalue weighted by atomic mass is 10.1. The summed E-state index contributed by atoms with van der Waals surface area (Å²) in [4.78, 5) is 4.06. The largest absolute Gasteiger partial charge is 0.264 e. The van der Waals surface area contributed by atoms with E-state index in [1.54, 1.807) is 23.1 Å². The van der Waals surface area contributed by atoms with Crippen molar-refractivity contribution in [2.24, 2.45) is 0 Å². The van der Waals surface area contributed by atoms with Gasteiger partial charge < -0.3 is 0 Å². The van der Waals surface area contributed by atoms with Crippen molar-refractivity contribution in [2.45, 2.75) is 6.54 Å². The Morgan fingerprint density at radius 1 is 1.15 bits per heavy atom. The molecule has 96 valence electrons. The van der Waals surface area contributed by atoms with Gasteiger partial charge in [-0.1, -0.05) is 18.2 Å². The van der Waals surface area contributed by atoms with Crippen LogP contribution in [0.4, 0.5) is 0 Å². The second kappa shape index (κ2) is 5.28. The van der Waals surface area contributed by atoms with Crippen LogP contribution in [0.15, 0.2) is 48.8 Å². The van der Waals surface area contributed by atoms with E-state index in [4.69, 9.17) is 5.26 Å². The molecule has 0 saturated carbocycles. The van der Waals surface area contributed by atoms with E-state index in [9.17, 15) is 0 Å². The zero-order valence-electron chi connectivity index (χ0n) is 10.5. The van der Waals surface area contributed by atoms with Crippen molar-refractivity contribution in [3.8, 4) is 17.5 Å². The molecule has 0 aliphatic rings. The SMILES string of the molecule is N#Cc1ccccc1Cn1nnnc1-c1cccnc1. The molecule has 3 aromatic rings. The molecule has 0 spiro atoms. The van der Waals surface area contributed by atoms with Crippen LogP contribution in [0, 0.1) is 11.3 Å². The van der Waals surface area contributed by atoms with Crippen molar-refractivity contribution in [1.29, 1.82) is 5.26 Å². The highest BCUT2D eigenvalue weighted by Crippen LogP contribution is 2.16. The van der Waals surface area contributed by atoms with E-state index in [1.165, 1.54) is 0 Å². The molecule has 20 heavy (non-hydrogen) atoms. The molecule has 6 nitrogen and oxygen atoms in total. The molecule has 0 aliphatic carbocycles. The number of nitriles is 1. The fourth-order valence-corrected chi connectivity index (χ4v) is 1.94. The minimum atomic E-state index is 0.445. The van der Waals surface area contributed by atoms with Crippen LogP contribution in [-0.4, -0.2) is 25.2 Å². The predicted octanol–water partition coefficient (Wildman–Crippen LogP) is 1.66. The third kappa shape index (κ3) is 2.24. The van der Waals surface area contributed by atoms with Gasteiger partial charge >= 0.3 is 0 Å². The molecule has 0 bridgehead atoms. The topological polar surface area (TPSA) is 80.3 Å². The Hall–Kier alpha value is -3.07. The molecule has 1 aromatic carbocycles. The fourth-order valence-electron chi connectivity index (χ4n) is 1.94. The first kappa shape index (κ1) is 12.0. The first-order chi connectivity index (χ1) is 9.88. The Morgan fingerprint density at radius 2 is 2.05 bits per heavy atom. The Bertz CT molecular complexity index is 757. The number of tetrazole rings is 1. The molecule has 6 heteroatoms. The van der Waals surface area contributed by atoms with Crippen LogP contribution in [-0.2, 0) is 6.54 Å². The highest BCUT2D eigenvalue weighted by molar-refractivity contribution is 5.52. The van der Waals surface area contributed by atoms with Crippen LogP contribution in [0.25, 0.3) is 11.4 Å². The van der Waals surface area contributed by atoms with Crippen molar-refractivity contribution < 1.29 is 0 Å². The van der Waals surface area contributed by atoms with Crippen molar-refractivity contribution >= 4 is 0 Å². The summed E-state index contributed by atoms with van der Waals surface area (Å²) in [5.74, 6) is 0.630. The zero-order chi connectivity index (χ0) is 13.8. The van der Waals surface area contributed by atoms with Gasteiger partial charge in [0.1, 0.15) is 0 Å². The van der Waals surface area contributed by atoms with Gasteiger partial charge in [-0.15, -0.1) is 5.10 Å². The van der Waals surface area contributed by atoms with E-state index in [0.29, 0.717) is 17.9 Å². The predicted molar refractivity (Wildman–Crippen MR) is 71.3 cm³/mol. The molecule has 0 amide bonds. The first-order valence-corrected chi connectivity index (χ1v) is 6.03. The van der Waals surface area contributed by atoms with Gasteiger partial charge in [-0.25, -0.2) is 4.68 Å². The van der Waals surface area contributed by atoms with Crippen molar-refractivity contribution in [1.82, 2.24) is 25.2 Å². The zero-order valence-corrected chi connectivity index (χ0v) is 10.5. The molecule has 0 atom stereocenters. The summed E-state index contributed by atoms with van der Waals surface area (Å²) in [5, 5.41) is 20.8. The first-order valence-electron chi connectivity index (χ1n) is 6.03. The van der Waals surface area contributed by atoms with Gasteiger partial charge in [0.2, 0.25) is 0 Å². The smallest absolute Gasteiger partial charge is 0.183 e. The van der Waals surface area contributed by atoms with Gasteiger partial charge in [-0.3, -0.25) is 4.98 Å². The molecule has 2 aromatic heterocycles. The highest BCUT2D eigenvalue weighted by atomic mass is 15.5. The van der Waals surface area contributed by atoms with Gasteiger partial charge in [-0.05, 0) is 34.2 Å². The lowest BCUT2D eigenvalue weighted by molar-refractivity contribution is 0.652. The second-order valence-electron chi connectivity index (χ2n) is 4.17. The van der Waals surface area contributed by atoms with Crippen molar-refractivity contribution in [3.05, 3.63) is 59.9 Å². The Kier molecular flexibility index (Phi) is 3.17. The van der Waals surface area contributed by atoms with Gasteiger partial charge in [0, 0.05) is 18.0 Å². The minimum Gasteiger partial charge on any atom is -0.264 e. The molecule has 2 heterocycles. The van der Waals surface area contributed by atoms with Gasteiger partial charge in [0.15, 0.2) is 5.82 Å². The third-order valence-electron chi connectivity index (χ3n) is 2.91. The number of hydrogen-bond donors (Lipinski definition) is 0. The Morgan fingerprint density at radius 3 is 2.85 bits per heavy atom. The molecule has 0 N–H and O–H groups in total. The molecular formula is C14H10N6. The minimum absolute atomic E-state index is 0.445. The Balaban J connectivity index is 1.98. The number of pyridine rings is 1. The maximum atomic E-state index is 9.11. The quantitative estimate of drug-likeness (QED) is 0.717. The molecule has 0 saturated heterocycles. The number of hydrogen-bond acceptors (Lipinski definition) is 5. The van der Waals surface area contributed by atoms with E-state index in [1.807, 2.05) is 30.3 Å². The summed E-state index contributed by atoms with van der Waals surface area (Å²) < 4.78 is 1.66. The fraction of sp³-hybridized carbons (Fsp3) is 0.0714. The third-order valence-corrected chi connectivity index (χ3v) is 2.91. The van der Waals surface area contributed by atoms with E-state index < -0.39 is 0 Å². The van der Waals surface area contributed by atoms with Crippen LogP contribution in [0.5, 0.6) is 0 Å². The van der Waals surface area contributed by atoms with Crippen LogP contribution < -0.4 is 0 Å². The summed E-state index contributed by atoms with van der Waals surface area (Å²) in [5.41, 5.74) is 2.35. The lowest BCUT2D eigenvalue weighted by Gasteiger charge is -2.06. The molecule has 0 aliphatic heterocycles. The van der Waals surface area contributed by atoms with Gasteiger partial charge in [-0.2, -0.15) is 5.26 Å². The van der Waals surface area contributed by atoms with E-state index >= 15 is 0 Å².